The van der Waals surface area contributed by atoms with Crippen molar-refractivity contribution in [2.24, 2.45) is 17.6 Å². The van der Waals surface area contributed by atoms with E-state index < -0.39 is 31.0 Å². The Labute approximate surface area is 222 Å². The minimum atomic E-state index is -4.63. The van der Waals surface area contributed by atoms with Gasteiger partial charge in [0.05, 0.1) is 12.2 Å². The Bertz CT molecular complexity index is 1230. The fourth-order valence-corrected chi connectivity index (χ4v) is 5.60. The molecule has 1 aromatic heterocycles. The van der Waals surface area contributed by atoms with E-state index in [-0.39, 0.29) is 17.9 Å². The molecule has 0 radical (unpaired) electrons. The van der Waals surface area contributed by atoms with E-state index in [0.29, 0.717) is 42.7 Å². The van der Waals surface area contributed by atoms with Crippen molar-refractivity contribution in [3.05, 3.63) is 52.7 Å². The van der Waals surface area contributed by atoms with Gasteiger partial charge >= 0.3 is 12.3 Å². The van der Waals surface area contributed by atoms with E-state index in [1.165, 1.54) is 6.20 Å². The number of hydrogen-bond acceptors (Lipinski definition) is 8. The lowest BCUT2D eigenvalue weighted by Crippen LogP contribution is -2.41. The Morgan fingerprint density at radius 2 is 1.97 bits per heavy atom. The molecule has 38 heavy (non-hydrogen) atoms. The van der Waals surface area contributed by atoms with Gasteiger partial charge in [-0.2, -0.15) is 18.2 Å². The van der Waals surface area contributed by atoms with Crippen LogP contribution in [0.15, 0.2) is 36.5 Å². The highest BCUT2D eigenvalue weighted by atomic mass is 35.5. The van der Waals surface area contributed by atoms with Crippen LogP contribution in [0.3, 0.4) is 0 Å². The zero-order valence-electron chi connectivity index (χ0n) is 20.3. The summed E-state index contributed by atoms with van der Waals surface area (Å²) in [5.41, 5.74) is 8.04. The number of amides is 1. The number of primary amides is 1. The van der Waals surface area contributed by atoms with Crippen molar-refractivity contribution in [2.75, 3.05) is 30.3 Å². The quantitative estimate of drug-likeness (QED) is 0.384. The largest absolute Gasteiger partial charge is 0.444 e. The maximum atomic E-state index is 12.8. The van der Waals surface area contributed by atoms with E-state index in [1.54, 1.807) is 4.90 Å². The highest BCUT2D eigenvalue weighted by Crippen LogP contribution is 2.43. The van der Waals surface area contributed by atoms with E-state index in [0.717, 1.165) is 23.2 Å². The van der Waals surface area contributed by atoms with Crippen molar-refractivity contribution >= 4 is 35.1 Å². The van der Waals surface area contributed by atoms with Crippen LogP contribution < -0.4 is 16.4 Å². The molecule has 9 nitrogen and oxygen atoms in total. The summed E-state index contributed by atoms with van der Waals surface area (Å²) in [5.74, 6) is 0.914. The van der Waals surface area contributed by atoms with Crippen LogP contribution in [0.4, 0.5) is 35.4 Å². The molecule has 4 unspecified atom stereocenters. The number of ether oxygens (including phenoxy) is 1. The molecule has 1 aliphatic heterocycles. The molecule has 13 heteroatoms. The van der Waals surface area contributed by atoms with Gasteiger partial charge in [0.15, 0.2) is 11.9 Å². The molecule has 5 rings (SSSR count). The van der Waals surface area contributed by atoms with Crippen molar-refractivity contribution in [3.63, 3.8) is 0 Å². The summed E-state index contributed by atoms with van der Waals surface area (Å²) in [7, 11) is 0. The zero-order valence-corrected chi connectivity index (χ0v) is 21.0. The number of nitrogens with zero attached hydrogens (tertiary/aromatic N) is 3. The highest BCUT2D eigenvalue weighted by Gasteiger charge is 2.47. The molecule has 1 aromatic carbocycles. The lowest BCUT2D eigenvalue weighted by Gasteiger charge is -2.28. The van der Waals surface area contributed by atoms with Gasteiger partial charge in [0.1, 0.15) is 11.1 Å². The van der Waals surface area contributed by atoms with E-state index in [9.17, 15) is 23.1 Å². The van der Waals surface area contributed by atoms with Crippen molar-refractivity contribution in [2.45, 2.75) is 43.7 Å². The molecule has 1 fully saturated rings. The van der Waals surface area contributed by atoms with Crippen LogP contribution in [-0.4, -0.2) is 70.1 Å². The predicted octanol–water partition coefficient (Wildman–Crippen LogP) is 3.65. The number of β-amino-alcohol motifs (C(OH)–C–C–N with tert-alkyl or cyclic N) is 1. The van der Waals surface area contributed by atoms with Gasteiger partial charge in [0.2, 0.25) is 5.95 Å². The monoisotopic (exact) mass is 552 g/mol. The molecule has 0 spiro atoms. The predicted molar refractivity (Wildman–Crippen MR) is 135 cm³/mol. The van der Waals surface area contributed by atoms with Crippen LogP contribution >= 0.6 is 11.6 Å². The normalized spacial score (nSPS) is 25.5. The third-order valence-corrected chi connectivity index (χ3v) is 7.63. The van der Waals surface area contributed by atoms with Gasteiger partial charge in [-0.05, 0) is 42.5 Å². The molecule has 0 saturated heterocycles. The fraction of sp³-hybridized carbons (Fsp3) is 0.480. The Hall–Kier alpha value is -3.09. The number of benzene rings is 1. The van der Waals surface area contributed by atoms with Crippen LogP contribution in [0, 0.1) is 11.8 Å². The molecule has 204 valence electrons. The van der Waals surface area contributed by atoms with Crippen molar-refractivity contribution < 1.29 is 27.8 Å². The number of aliphatic hydroxyl groups excluding tert-OH is 1. The second-order valence-electron chi connectivity index (χ2n) is 9.88. The first kappa shape index (κ1) is 26.5. The number of hydrogen-bond donors (Lipinski definition) is 4. The number of aromatic nitrogens is 2. The second-order valence-corrected chi connectivity index (χ2v) is 10.3. The number of nitrogens with one attached hydrogen (secondary N) is 2. The maximum absolute atomic E-state index is 12.8. The van der Waals surface area contributed by atoms with Gasteiger partial charge < -0.3 is 26.2 Å². The van der Waals surface area contributed by atoms with E-state index >= 15 is 0 Å². The van der Waals surface area contributed by atoms with Crippen LogP contribution in [0.2, 0.25) is 5.02 Å². The summed E-state index contributed by atoms with van der Waals surface area (Å²) in [6.45, 7) is 0.392. The number of carbonyl (C=O) groups excluding carboxylic acids is 1. The summed E-state index contributed by atoms with van der Waals surface area (Å²) >= 11 is 6.37. The van der Waals surface area contributed by atoms with Gasteiger partial charge in [0, 0.05) is 37.2 Å². The molecule has 2 bridgehead atoms. The van der Waals surface area contributed by atoms with E-state index in [1.807, 2.05) is 24.3 Å². The minimum absolute atomic E-state index is 0.0791. The van der Waals surface area contributed by atoms with Crippen molar-refractivity contribution in [3.8, 4) is 0 Å². The molecule has 2 heterocycles. The first-order chi connectivity index (χ1) is 18.1. The van der Waals surface area contributed by atoms with Crippen LogP contribution in [0.25, 0.3) is 0 Å². The lowest BCUT2D eigenvalue weighted by atomic mass is 9.98. The number of rotatable bonds is 7. The molecular formula is C25H28ClF3N6O3. The molecule has 1 amide bonds. The fourth-order valence-electron chi connectivity index (χ4n) is 5.46. The Morgan fingerprint density at radius 1 is 1.24 bits per heavy atom. The topological polar surface area (TPSA) is 126 Å². The number of nitrogens with two attached hydrogens (primary N) is 1. The molecule has 1 saturated carbocycles. The molecule has 3 aliphatic rings. The summed E-state index contributed by atoms with van der Waals surface area (Å²) in [6, 6.07) is 5.50. The number of carbonyl (C=O) groups is 1. The van der Waals surface area contributed by atoms with Crippen LogP contribution in [-0.2, 0) is 17.6 Å². The minimum Gasteiger partial charge on any atom is -0.444 e. The number of halogens is 4. The van der Waals surface area contributed by atoms with Gasteiger partial charge in [-0.1, -0.05) is 29.8 Å². The first-order valence-corrected chi connectivity index (χ1v) is 12.7. The standard InChI is InChI=1S/C25H28ClF3N6O3/c26-18-11-31-24(34-22(18)33-20-15-1-2-16(9-15)21(20)38-23(30)37)32-17-4-3-13-5-7-35(8-6-14(13)10-17)12-19(36)25(27,28)29/h1-4,10-11,15-16,19-21,36H,5-9,12H2,(H2,30,37)(H2,31,32,33,34)/t15?,16?,19-,20?,21?/m1/s1. The highest BCUT2D eigenvalue weighted by molar-refractivity contribution is 6.32. The maximum Gasteiger partial charge on any atom is 0.415 e. The number of aliphatic hydroxyl groups is 1. The molecular weight excluding hydrogens is 525 g/mol. The third-order valence-electron chi connectivity index (χ3n) is 7.35. The SMILES string of the molecule is NC(=O)OC1C2C=CC(C2)C1Nc1nc(Nc2ccc3c(c2)CCN(C[C@@H](O)C(F)(F)F)CC3)ncc1Cl. The Morgan fingerprint density at radius 3 is 2.71 bits per heavy atom. The van der Waals surface area contributed by atoms with Crippen molar-refractivity contribution in [1.82, 2.24) is 14.9 Å². The summed E-state index contributed by atoms with van der Waals surface area (Å²) in [6.07, 6.45) is -0.705. The van der Waals surface area contributed by atoms with Crippen LogP contribution in [0.1, 0.15) is 17.5 Å². The lowest BCUT2D eigenvalue weighted by molar-refractivity contribution is -0.208. The number of anilines is 3. The van der Waals surface area contributed by atoms with E-state index in [4.69, 9.17) is 22.1 Å². The average molecular weight is 553 g/mol. The van der Waals surface area contributed by atoms with Gasteiger partial charge in [-0.25, -0.2) is 9.78 Å². The van der Waals surface area contributed by atoms with Crippen LogP contribution in [0.5, 0.6) is 0 Å². The van der Waals surface area contributed by atoms with Gasteiger partial charge in [-0.3, -0.25) is 4.90 Å². The van der Waals surface area contributed by atoms with Gasteiger partial charge in [0.25, 0.3) is 0 Å². The Kier molecular flexibility index (Phi) is 7.38. The molecule has 5 N–H and O–H groups in total. The summed E-state index contributed by atoms with van der Waals surface area (Å²) in [5, 5.41) is 16.2. The van der Waals surface area contributed by atoms with E-state index in [2.05, 4.69) is 26.7 Å². The summed E-state index contributed by atoms with van der Waals surface area (Å²) < 4.78 is 43.7. The Balaban J connectivity index is 1.26. The van der Waals surface area contributed by atoms with Gasteiger partial charge in [-0.15, -0.1) is 0 Å². The smallest absolute Gasteiger partial charge is 0.415 e. The molecule has 2 aliphatic carbocycles. The van der Waals surface area contributed by atoms with Crippen molar-refractivity contribution in [1.29, 1.82) is 0 Å². The summed E-state index contributed by atoms with van der Waals surface area (Å²) in [4.78, 5) is 21.8. The second kappa shape index (κ2) is 10.6. The molecule has 2 aromatic rings. The third kappa shape index (κ3) is 5.82. The zero-order chi connectivity index (χ0) is 27.0. The number of alkyl halides is 3. The molecule has 5 atom stereocenters. The average Bonchev–Trinajstić information content (AvgIpc) is 3.39. The number of fused-ring (bicyclic) bond motifs is 3. The first-order valence-electron chi connectivity index (χ1n) is 12.4.